The van der Waals surface area contributed by atoms with Gasteiger partial charge in [0.05, 0.1) is 17.1 Å². The van der Waals surface area contributed by atoms with Crippen LogP contribution in [-0.2, 0) is 19.3 Å². The Hall–Kier alpha value is -3.41. The highest BCUT2D eigenvalue weighted by atomic mass is 16.2. The van der Waals surface area contributed by atoms with E-state index in [4.69, 9.17) is 4.98 Å². The summed E-state index contributed by atoms with van der Waals surface area (Å²) >= 11 is 0. The van der Waals surface area contributed by atoms with E-state index in [-0.39, 0.29) is 11.9 Å². The van der Waals surface area contributed by atoms with Crippen molar-refractivity contribution in [2.45, 2.75) is 31.7 Å². The molecule has 0 aliphatic heterocycles. The van der Waals surface area contributed by atoms with E-state index in [1.165, 1.54) is 0 Å². The standard InChI is InChI=1S/C22H21N5O/c28-22(20-15-9-6-12-16(15)26-27-20)25-19(13-14-7-2-1-3-8-14)21-23-17-10-4-5-11-18(17)24-21/h1-5,7-8,10-11,19H,6,9,12-13H2,(H,23,24)(H,25,28)(H,26,27). The molecule has 0 saturated heterocycles. The molecule has 3 N–H and O–H groups in total. The maximum atomic E-state index is 13.0. The molecule has 0 fully saturated rings. The lowest BCUT2D eigenvalue weighted by molar-refractivity contribution is 0.0929. The molecule has 4 aromatic rings. The van der Waals surface area contributed by atoms with Crippen LogP contribution in [0.5, 0.6) is 0 Å². The summed E-state index contributed by atoms with van der Waals surface area (Å²) in [6.07, 6.45) is 3.59. The number of para-hydroxylation sites is 2. The van der Waals surface area contributed by atoms with Crippen LogP contribution in [0.25, 0.3) is 11.0 Å². The Morgan fingerprint density at radius 1 is 1.07 bits per heavy atom. The number of nitrogens with zero attached hydrogens (tertiary/aromatic N) is 2. The first-order chi connectivity index (χ1) is 13.8. The second kappa shape index (κ2) is 6.96. The molecule has 2 heterocycles. The van der Waals surface area contributed by atoms with Gasteiger partial charge in [0.15, 0.2) is 5.69 Å². The Morgan fingerprint density at radius 3 is 2.75 bits per heavy atom. The van der Waals surface area contributed by atoms with Crippen LogP contribution in [0.15, 0.2) is 54.6 Å². The van der Waals surface area contributed by atoms with Gasteiger partial charge in [0.2, 0.25) is 0 Å². The number of aromatic amines is 2. The predicted molar refractivity (Wildman–Crippen MR) is 107 cm³/mol. The third kappa shape index (κ3) is 3.07. The van der Waals surface area contributed by atoms with E-state index < -0.39 is 0 Å². The summed E-state index contributed by atoms with van der Waals surface area (Å²) in [5, 5.41) is 10.4. The Bertz CT molecular complexity index is 1100. The molecule has 0 spiro atoms. The number of imidazole rings is 1. The van der Waals surface area contributed by atoms with E-state index in [1.807, 2.05) is 42.5 Å². The molecule has 6 heteroatoms. The van der Waals surface area contributed by atoms with Gasteiger partial charge in [0.1, 0.15) is 5.82 Å². The van der Waals surface area contributed by atoms with Gasteiger partial charge in [-0.05, 0) is 43.4 Å². The van der Waals surface area contributed by atoms with Crippen LogP contribution < -0.4 is 5.32 Å². The van der Waals surface area contributed by atoms with E-state index in [2.05, 4.69) is 32.6 Å². The lowest BCUT2D eigenvalue weighted by Gasteiger charge is -2.16. The minimum Gasteiger partial charge on any atom is -0.340 e. The molecule has 1 aliphatic rings. The van der Waals surface area contributed by atoms with Gasteiger partial charge in [0, 0.05) is 11.3 Å². The van der Waals surface area contributed by atoms with E-state index >= 15 is 0 Å². The number of nitrogens with one attached hydrogen (secondary N) is 3. The largest absolute Gasteiger partial charge is 0.340 e. The Labute approximate surface area is 162 Å². The van der Waals surface area contributed by atoms with Gasteiger partial charge < -0.3 is 10.3 Å². The van der Waals surface area contributed by atoms with Crippen LogP contribution >= 0.6 is 0 Å². The number of rotatable bonds is 5. The molecule has 1 atom stereocenters. The molecule has 1 aliphatic carbocycles. The second-order valence-electron chi connectivity index (χ2n) is 7.24. The normalized spacial score (nSPS) is 14.1. The van der Waals surface area contributed by atoms with E-state index in [1.54, 1.807) is 0 Å². The molecule has 28 heavy (non-hydrogen) atoms. The first-order valence-electron chi connectivity index (χ1n) is 9.63. The summed E-state index contributed by atoms with van der Waals surface area (Å²) < 4.78 is 0. The first kappa shape index (κ1) is 16.7. The minimum absolute atomic E-state index is 0.152. The number of hydrogen-bond acceptors (Lipinski definition) is 3. The van der Waals surface area contributed by atoms with E-state index in [0.29, 0.717) is 12.1 Å². The number of H-pyrrole nitrogens is 2. The van der Waals surface area contributed by atoms with Crippen LogP contribution in [0.1, 0.15) is 45.6 Å². The number of aryl methyl sites for hydroxylation is 1. The van der Waals surface area contributed by atoms with Gasteiger partial charge in [-0.3, -0.25) is 9.89 Å². The average Bonchev–Trinajstić information content (AvgIpc) is 3.43. The average molecular weight is 371 g/mol. The molecular weight excluding hydrogens is 350 g/mol. The Balaban J connectivity index is 1.47. The van der Waals surface area contributed by atoms with E-state index in [0.717, 1.165) is 52.9 Å². The molecule has 2 aromatic carbocycles. The lowest BCUT2D eigenvalue weighted by Crippen LogP contribution is -2.31. The summed E-state index contributed by atoms with van der Waals surface area (Å²) in [7, 11) is 0. The van der Waals surface area contributed by atoms with Gasteiger partial charge >= 0.3 is 0 Å². The van der Waals surface area contributed by atoms with Gasteiger partial charge in [-0.15, -0.1) is 0 Å². The summed E-state index contributed by atoms with van der Waals surface area (Å²) in [6, 6.07) is 17.8. The number of carbonyl (C=O) groups is 1. The van der Waals surface area contributed by atoms with Crippen molar-refractivity contribution in [1.82, 2.24) is 25.5 Å². The van der Waals surface area contributed by atoms with Crippen molar-refractivity contribution in [2.24, 2.45) is 0 Å². The van der Waals surface area contributed by atoms with Gasteiger partial charge in [0.25, 0.3) is 5.91 Å². The smallest absolute Gasteiger partial charge is 0.272 e. The fourth-order valence-corrected chi connectivity index (χ4v) is 3.94. The molecule has 0 bridgehead atoms. The van der Waals surface area contributed by atoms with Crippen molar-refractivity contribution in [1.29, 1.82) is 0 Å². The van der Waals surface area contributed by atoms with Gasteiger partial charge in [-0.2, -0.15) is 5.10 Å². The fourth-order valence-electron chi connectivity index (χ4n) is 3.94. The quantitative estimate of drug-likeness (QED) is 0.502. The number of hydrogen-bond donors (Lipinski definition) is 3. The van der Waals surface area contributed by atoms with Crippen molar-refractivity contribution in [2.75, 3.05) is 0 Å². The molecule has 1 amide bonds. The van der Waals surface area contributed by atoms with Crippen LogP contribution in [0.3, 0.4) is 0 Å². The van der Waals surface area contributed by atoms with Crippen molar-refractivity contribution >= 4 is 16.9 Å². The lowest BCUT2D eigenvalue weighted by atomic mass is 10.0. The molecule has 0 saturated carbocycles. The number of fused-ring (bicyclic) bond motifs is 2. The maximum absolute atomic E-state index is 13.0. The highest BCUT2D eigenvalue weighted by Gasteiger charge is 2.26. The molecule has 2 aromatic heterocycles. The summed E-state index contributed by atoms with van der Waals surface area (Å²) in [4.78, 5) is 21.1. The molecule has 0 radical (unpaired) electrons. The van der Waals surface area contributed by atoms with Crippen molar-refractivity contribution in [3.63, 3.8) is 0 Å². The van der Waals surface area contributed by atoms with Gasteiger partial charge in [-0.25, -0.2) is 4.98 Å². The maximum Gasteiger partial charge on any atom is 0.272 e. The zero-order chi connectivity index (χ0) is 18.9. The minimum atomic E-state index is -0.268. The van der Waals surface area contributed by atoms with Crippen molar-refractivity contribution in [3.8, 4) is 0 Å². The molecule has 5 rings (SSSR count). The van der Waals surface area contributed by atoms with Crippen molar-refractivity contribution in [3.05, 3.63) is 82.9 Å². The SMILES string of the molecule is O=C(NC(Cc1ccccc1)c1nc2ccccc2[nH]1)c1n[nH]c2c1CCC2. The molecular formula is C22H21N5O. The third-order valence-corrected chi connectivity index (χ3v) is 5.35. The Morgan fingerprint density at radius 2 is 1.89 bits per heavy atom. The van der Waals surface area contributed by atoms with Gasteiger partial charge in [-0.1, -0.05) is 42.5 Å². The number of aromatic nitrogens is 4. The second-order valence-corrected chi connectivity index (χ2v) is 7.24. The summed E-state index contributed by atoms with van der Waals surface area (Å²) in [5.41, 5.74) is 5.66. The summed E-state index contributed by atoms with van der Waals surface area (Å²) in [6.45, 7) is 0. The predicted octanol–water partition coefficient (Wildman–Crippen LogP) is 3.49. The highest BCUT2D eigenvalue weighted by Crippen LogP contribution is 2.24. The molecule has 140 valence electrons. The highest BCUT2D eigenvalue weighted by molar-refractivity contribution is 5.94. The summed E-state index contributed by atoms with van der Waals surface area (Å²) in [5.74, 6) is 0.603. The first-order valence-corrected chi connectivity index (χ1v) is 9.63. The topological polar surface area (TPSA) is 86.5 Å². The Kier molecular flexibility index (Phi) is 4.16. The monoisotopic (exact) mass is 371 g/mol. The fraction of sp³-hybridized carbons (Fsp3) is 0.227. The van der Waals surface area contributed by atoms with Crippen LogP contribution in [-0.4, -0.2) is 26.1 Å². The number of benzene rings is 2. The number of carbonyl (C=O) groups excluding carboxylic acids is 1. The van der Waals surface area contributed by atoms with Crippen LogP contribution in [0.4, 0.5) is 0 Å². The van der Waals surface area contributed by atoms with Crippen molar-refractivity contribution < 1.29 is 4.79 Å². The van der Waals surface area contributed by atoms with E-state index in [9.17, 15) is 4.79 Å². The van der Waals surface area contributed by atoms with Crippen LogP contribution in [0.2, 0.25) is 0 Å². The zero-order valence-corrected chi connectivity index (χ0v) is 15.4. The molecule has 6 nitrogen and oxygen atoms in total. The molecule has 1 unspecified atom stereocenters. The van der Waals surface area contributed by atoms with Crippen LogP contribution in [0, 0.1) is 0 Å². The zero-order valence-electron chi connectivity index (χ0n) is 15.4. The third-order valence-electron chi connectivity index (χ3n) is 5.35. The number of amides is 1.